The largest absolute Gasteiger partial charge is 0.462 e. The number of carbonyl (C=O) groups is 2. The van der Waals surface area contributed by atoms with Gasteiger partial charge in [-0.15, -0.1) is 0 Å². The highest BCUT2D eigenvalue weighted by Crippen LogP contribution is 2.30. The second kappa shape index (κ2) is 18.8. The summed E-state index contributed by atoms with van der Waals surface area (Å²) in [6.07, 6.45) is 12.5. The van der Waals surface area contributed by atoms with Crippen molar-refractivity contribution >= 4 is 58.2 Å². The van der Waals surface area contributed by atoms with Crippen LogP contribution in [0.25, 0.3) is 5.69 Å². The fourth-order valence-electron chi connectivity index (χ4n) is 4.67. The third kappa shape index (κ3) is 10.9. The summed E-state index contributed by atoms with van der Waals surface area (Å²) < 4.78 is 12.2. The lowest BCUT2D eigenvalue weighted by Crippen LogP contribution is -2.18. The van der Waals surface area contributed by atoms with E-state index in [0.717, 1.165) is 68.9 Å². The van der Waals surface area contributed by atoms with Crippen molar-refractivity contribution < 1.29 is 19.1 Å². The summed E-state index contributed by atoms with van der Waals surface area (Å²) >= 11 is 19.0. The number of anilines is 2. The Balaban J connectivity index is 1.82. The molecule has 0 spiro atoms. The van der Waals surface area contributed by atoms with Crippen molar-refractivity contribution in [2.75, 3.05) is 18.5 Å². The minimum atomic E-state index is -0.679. The lowest BCUT2D eigenvalue weighted by Gasteiger charge is -2.13. The number of nitrogens with one attached hydrogen (secondary N) is 2. The molecular weight excluding hydrogens is 625 g/mol. The molecule has 2 N–H and O–H groups in total. The molecule has 0 aliphatic carbocycles. The summed E-state index contributed by atoms with van der Waals surface area (Å²) in [5, 5.41) is 6.75. The van der Waals surface area contributed by atoms with Crippen molar-refractivity contribution in [2.45, 2.75) is 90.9 Å². The van der Waals surface area contributed by atoms with E-state index in [1.54, 1.807) is 18.2 Å². The summed E-state index contributed by atoms with van der Waals surface area (Å²) in [7, 11) is 0. The number of ether oxygens (including phenoxy) is 2. The van der Waals surface area contributed by atoms with E-state index in [9.17, 15) is 14.4 Å². The number of rotatable bonds is 19. The van der Waals surface area contributed by atoms with Gasteiger partial charge in [0.15, 0.2) is 0 Å². The van der Waals surface area contributed by atoms with Crippen molar-refractivity contribution in [1.29, 1.82) is 0 Å². The van der Waals surface area contributed by atoms with Crippen molar-refractivity contribution in [1.82, 2.24) is 9.78 Å². The topological polar surface area (TPSA) is 102 Å². The number of benzene rings is 2. The zero-order valence-corrected chi connectivity index (χ0v) is 27.8. The fourth-order valence-corrected chi connectivity index (χ4v) is 5.40. The van der Waals surface area contributed by atoms with Crippen LogP contribution in [0, 0.1) is 0 Å². The molecule has 0 atom stereocenters. The molecule has 1 aromatic heterocycles. The number of esters is 2. The molecule has 2 aromatic carbocycles. The van der Waals surface area contributed by atoms with E-state index < -0.39 is 17.5 Å². The molecule has 3 aromatic rings. The molecule has 0 aliphatic heterocycles. The van der Waals surface area contributed by atoms with E-state index in [4.69, 9.17) is 44.3 Å². The van der Waals surface area contributed by atoms with Crippen molar-refractivity contribution in [3.05, 3.63) is 72.9 Å². The van der Waals surface area contributed by atoms with Gasteiger partial charge in [-0.25, -0.2) is 14.3 Å². The number of carbonyl (C=O) groups excluding carboxylic acids is 2. The first kappa shape index (κ1) is 35.5. The SMILES string of the molecule is CCCCCCCCOC(=O)c1cc(C(=O)OCCCCCCCC)c(Cl)c(-n2[nH]c(Nc3ccc(Cl)cc3Cl)cc2=O)c1. The molecule has 0 amide bonds. The van der Waals surface area contributed by atoms with E-state index in [1.165, 1.54) is 31.0 Å². The Morgan fingerprint density at radius 1 is 0.773 bits per heavy atom. The van der Waals surface area contributed by atoms with E-state index >= 15 is 0 Å². The van der Waals surface area contributed by atoms with Crippen molar-refractivity contribution in [3.8, 4) is 5.69 Å². The first-order valence-electron chi connectivity index (χ1n) is 15.5. The molecular formula is C33H42Cl3N3O5. The second-order valence-corrected chi connectivity index (χ2v) is 12.0. The molecule has 0 unspecified atom stereocenters. The van der Waals surface area contributed by atoms with Crippen LogP contribution in [0.4, 0.5) is 11.5 Å². The minimum Gasteiger partial charge on any atom is -0.462 e. The lowest BCUT2D eigenvalue weighted by atomic mass is 10.1. The number of hydrogen-bond donors (Lipinski definition) is 2. The monoisotopic (exact) mass is 665 g/mol. The molecule has 0 radical (unpaired) electrons. The van der Waals surface area contributed by atoms with Gasteiger partial charge in [0.25, 0.3) is 5.56 Å². The maximum absolute atomic E-state index is 13.1. The van der Waals surface area contributed by atoms with Gasteiger partial charge in [0.1, 0.15) is 5.82 Å². The van der Waals surface area contributed by atoms with Crippen LogP contribution in [0.3, 0.4) is 0 Å². The molecule has 11 heteroatoms. The number of aromatic amines is 1. The third-order valence-electron chi connectivity index (χ3n) is 7.13. The van der Waals surface area contributed by atoms with Crippen LogP contribution in [0.1, 0.15) is 112 Å². The van der Waals surface area contributed by atoms with E-state index in [-0.39, 0.29) is 35.1 Å². The quantitative estimate of drug-likeness (QED) is 0.0975. The highest BCUT2D eigenvalue weighted by atomic mass is 35.5. The molecule has 0 saturated heterocycles. The van der Waals surface area contributed by atoms with Crippen molar-refractivity contribution in [3.63, 3.8) is 0 Å². The Bertz CT molecular complexity index is 1440. The van der Waals surface area contributed by atoms with Crippen LogP contribution in [0.15, 0.2) is 41.2 Å². The Morgan fingerprint density at radius 3 is 1.98 bits per heavy atom. The van der Waals surface area contributed by atoms with Gasteiger partial charge in [-0.1, -0.05) is 113 Å². The summed E-state index contributed by atoms with van der Waals surface area (Å²) in [6, 6.07) is 8.99. The van der Waals surface area contributed by atoms with Crippen LogP contribution in [-0.2, 0) is 9.47 Å². The summed E-state index contributed by atoms with van der Waals surface area (Å²) in [4.78, 5) is 39.3. The first-order valence-corrected chi connectivity index (χ1v) is 16.6. The van der Waals surface area contributed by atoms with E-state index in [0.29, 0.717) is 21.6 Å². The molecule has 0 saturated carbocycles. The van der Waals surface area contributed by atoms with Gasteiger partial charge < -0.3 is 14.8 Å². The zero-order chi connectivity index (χ0) is 31.9. The Labute approximate surface area is 274 Å². The number of nitrogens with zero attached hydrogens (tertiary/aromatic N) is 1. The fraction of sp³-hybridized carbons (Fsp3) is 0.485. The number of H-pyrrole nitrogens is 1. The first-order chi connectivity index (χ1) is 21.2. The predicted octanol–water partition coefficient (Wildman–Crippen LogP) is 9.90. The number of aromatic nitrogens is 2. The van der Waals surface area contributed by atoms with Gasteiger partial charge in [-0.3, -0.25) is 9.89 Å². The average Bonchev–Trinajstić information content (AvgIpc) is 3.36. The molecule has 8 nitrogen and oxygen atoms in total. The highest BCUT2D eigenvalue weighted by Gasteiger charge is 2.23. The zero-order valence-electron chi connectivity index (χ0n) is 25.5. The second-order valence-electron chi connectivity index (χ2n) is 10.8. The Morgan fingerprint density at radius 2 is 1.36 bits per heavy atom. The summed E-state index contributed by atoms with van der Waals surface area (Å²) in [6.45, 7) is 4.79. The number of halogens is 3. The molecule has 1 heterocycles. The Hall–Kier alpha value is -2.94. The van der Waals surface area contributed by atoms with Crippen LogP contribution < -0.4 is 10.9 Å². The third-order valence-corrected chi connectivity index (χ3v) is 8.08. The number of hydrogen-bond acceptors (Lipinski definition) is 6. The standard InChI is InChI=1S/C33H42Cl3N3O5/c1-3-5-7-9-11-13-17-43-32(41)23-19-25(33(42)44-18-14-12-10-8-6-4-2)31(36)28(20-23)39-30(40)22-29(38-39)37-27-16-15-24(34)21-26(27)35/h15-16,19-22,37-38H,3-14,17-18H2,1-2H3. The van der Waals surface area contributed by atoms with E-state index in [1.807, 2.05) is 0 Å². The molecule has 0 fully saturated rings. The van der Waals surface area contributed by atoms with Gasteiger partial charge in [-0.2, -0.15) is 0 Å². The summed E-state index contributed by atoms with van der Waals surface area (Å²) in [5.41, 5.74) is 0.189. The lowest BCUT2D eigenvalue weighted by molar-refractivity contribution is 0.0496. The van der Waals surface area contributed by atoms with Gasteiger partial charge in [0.2, 0.25) is 0 Å². The van der Waals surface area contributed by atoms with Crippen molar-refractivity contribution in [2.24, 2.45) is 0 Å². The van der Waals surface area contributed by atoms with Gasteiger partial charge in [-0.05, 0) is 43.2 Å². The maximum Gasteiger partial charge on any atom is 0.339 e. The van der Waals surface area contributed by atoms with Crippen LogP contribution in [-0.4, -0.2) is 34.9 Å². The molecule has 240 valence electrons. The van der Waals surface area contributed by atoms with Crippen LogP contribution in [0.5, 0.6) is 0 Å². The normalized spacial score (nSPS) is 11.0. The minimum absolute atomic E-state index is 0.0292. The van der Waals surface area contributed by atoms with Crippen LogP contribution in [0.2, 0.25) is 15.1 Å². The molecule has 0 bridgehead atoms. The average molecular weight is 667 g/mol. The molecule has 0 aliphatic rings. The predicted molar refractivity (Wildman–Crippen MR) is 178 cm³/mol. The van der Waals surface area contributed by atoms with Crippen LogP contribution >= 0.6 is 34.8 Å². The summed E-state index contributed by atoms with van der Waals surface area (Å²) in [5.74, 6) is -0.993. The van der Waals surface area contributed by atoms with Gasteiger partial charge >= 0.3 is 11.9 Å². The number of unbranched alkanes of at least 4 members (excludes halogenated alkanes) is 10. The smallest absolute Gasteiger partial charge is 0.339 e. The highest BCUT2D eigenvalue weighted by molar-refractivity contribution is 6.36. The molecule has 3 rings (SSSR count). The molecule has 44 heavy (non-hydrogen) atoms. The Kier molecular flexibility index (Phi) is 15.2. The van der Waals surface area contributed by atoms with E-state index in [2.05, 4.69) is 24.3 Å². The maximum atomic E-state index is 13.1. The van der Waals surface area contributed by atoms with Gasteiger partial charge in [0.05, 0.1) is 45.8 Å². The van der Waals surface area contributed by atoms with Gasteiger partial charge in [0, 0.05) is 11.1 Å².